The van der Waals surface area contributed by atoms with E-state index in [9.17, 15) is 9.59 Å². The summed E-state index contributed by atoms with van der Waals surface area (Å²) < 4.78 is 5.30. The first-order valence-electron chi connectivity index (χ1n) is 8.73. The van der Waals surface area contributed by atoms with Gasteiger partial charge in [0.2, 0.25) is 11.8 Å². The van der Waals surface area contributed by atoms with Crippen molar-refractivity contribution in [1.29, 1.82) is 0 Å². The van der Waals surface area contributed by atoms with Crippen LogP contribution in [0.2, 0.25) is 0 Å². The van der Waals surface area contributed by atoms with Crippen LogP contribution in [0.3, 0.4) is 0 Å². The Bertz CT molecular complexity index is 787. The highest BCUT2D eigenvalue weighted by atomic mass is 16.5. The zero-order valence-electron chi connectivity index (χ0n) is 15.8. The van der Waals surface area contributed by atoms with E-state index in [1.54, 1.807) is 12.0 Å². The second-order valence-corrected chi connectivity index (χ2v) is 6.13. The Hall–Kier alpha value is -2.82. The molecule has 2 aromatic rings. The van der Waals surface area contributed by atoms with E-state index in [0.29, 0.717) is 6.54 Å². The second-order valence-electron chi connectivity index (χ2n) is 6.13. The van der Waals surface area contributed by atoms with Gasteiger partial charge in [-0.15, -0.1) is 0 Å². The molecule has 2 aromatic carbocycles. The molecule has 2 amide bonds. The lowest BCUT2D eigenvalue weighted by Crippen LogP contribution is -2.40. The van der Waals surface area contributed by atoms with E-state index >= 15 is 0 Å². The topological polar surface area (TPSA) is 58.6 Å². The molecule has 138 valence electrons. The highest BCUT2D eigenvalue weighted by molar-refractivity contribution is 5.98. The lowest BCUT2D eigenvalue weighted by atomic mass is 10.0. The molecule has 0 fully saturated rings. The van der Waals surface area contributed by atoms with Gasteiger partial charge in [0, 0.05) is 19.0 Å². The average molecular weight is 354 g/mol. The minimum atomic E-state index is -0.212. The molecular formula is C21H26N2O3. The van der Waals surface area contributed by atoms with Gasteiger partial charge in [0.05, 0.1) is 12.8 Å². The summed E-state index contributed by atoms with van der Waals surface area (Å²) in [6.45, 7) is 5.82. The first kappa shape index (κ1) is 19.5. The van der Waals surface area contributed by atoms with Crippen LogP contribution in [0.15, 0.2) is 42.5 Å². The van der Waals surface area contributed by atoms with Gasteiger partial charge in [-0.2, -0.15) is 0 Å². The highest BCUT2D eigenvalue weighted by Crippen LogP contribution is 2.26. The third kappa shape index (κ3) is 4.63. The summed E-state index contributed by atoms with van der Waals surface area (Å²) in [5, 5.41) is 2.87. The van der Waals surface area contributed by atoms with Gasteiger partial charge in [-0.05, 0) is 30.5 Å². The molecule has 0 bridgehead atoms. The van der Waals surface area contributed by atoms with Crippen molar-refractivity contribution in [2.45, 2.75) is 33.7 Å². The molecule has 5 nitrogen and oxygen atoms in total. The fraction of sp³-hybridized carbons (Fsp3) is 0.333. The number of amides is 2. The van der Waals surface area contributed by atoms with E-state index in [0.717, 1.165) is 34.5 Å². The molecule has 0 unspecified atom stereocenters. The van der Waals surface area contributed by atoms with Gasteiger partial charge in [0.25, 0.3) is 0 Å². The number of carbonyl (C=O) groups is 2. The number of carbonyl (C=O) groups excluding carboxylic acids is 2. The third-order valence-electron chi connectivity index (χ3n) is 4.32. The van der Waals surface area contributed by atoms with E-state index in [4.69, 9.17) is 4.74 Å². The van der Waals surface area contributed by atoms with Gasteiger partial charge in [0.15, 0.2) is 0 Å². The lowest BCUT2D eigenvalue weighted by molar-refractivity contribution is -0.123. The molecule has 0 saturated carbocycles. The molecule has 0 saturated heterocycles. The summed E-state index contributed by atoms with van der Waals surface area (Å²) in [4.78, 5) is 26.2. The maximum atomic E-state index is 12.5. The first-order chi connectivity index (χ1) is 12.5. The van der Waals surface area contributed by atoms with Crippen LogP contribution in [0.4, 0.5) is 5.69 Å². The van der Waals surface area contributed by atoms with Gasteiger partial charge in [0.1, 0.15) is 12.3 Å². The Morgan fingerprint density at radius 3 is 2.42 bits per heavy atom. The molecule has 0 aliphatic rings. The molecule has 0 atom stereocenters. The van der Waals surface area contributed by atoms with Crippen molar-refractivity contribution in [3.05, 3.63) is 59.2 Å². The number of nitrogens with zero attached hydrogens (tertiary/aromatic N) is 1. The predicted octanol–water partition coefficient (Wildman–Crippen LogP) is 3.24. The van der Waals surface area contributed by atoms with Gasteiger partial charge in [-0.1, -0.05) is 43.3 Å². The molecule has 26 heavy (non-hydrogen) atoms. The molecule has 0 aliphatic carbocycles. The molecule has 2 rings (SSSR count). The number of rotatable bonds is 7. The van der Waals surface area contributed by atoms with Crippen molar-refractivity contribution < 1.29 is 14.3 Å². The van der Waals surface area contributed by atoms with Crippen molar-refractivity contribution in [1.82, 2.24) is 5.32 Å². The molecular weight excluding hydrogens is 328 g/mol. The summed E-state index contributed by atoms with van der Waals surface area (Å²) in [6, 6.07) is 13.4. The smallest absolute Gasteiger partial charge is 0.240 e. The summed E-state index contributed by atoms with van der Waals surface area (Å²) >= 11 is 0. The summed E-state index contributed by atoms with van der Waals surface area (Å²) in [6.07, 6.45) is 0.795. The van der Waals surface area contributed by atoms with Crippen LogP contribution < -0.4 is 15.0 Å². The van der Waals surface area contributed by atoms with Crippen molar-refractivity contribution in [2.24, 2.45) is 0 Å². The Balaban J connectivity index is 2.13. The average Bonchev–Trinajstić information content (AvgIpc) is 2.64. The normalized spacial score (nSPS) is 10.3. The van der Waals surface area contributed by atoms with Crippen molar-refractivity contribution in [3.8, 4) is 5.75 Å². The maximum Gasteiger partial charge on any atom is 0.240 e. The summed E-state index contributed by atoms with van der Waals surface area (Å²) in [5.41, 5.74) is 3.76. The van der Waals surface area contributed by atoms with Gasteiger partial charge >= 0.3 is 0 Å². The van der Waals surface area contributed by atoms with Crippen LogP contribution >= 0.6 is 0 Å². The molecule has 0 heterocycles. The van der Waals surface area contributed by atoms with Gasteiger partial charge in [-0.3, -0.25) is 9.59 Å². The molecule has 5 heteroatoms. The number of aryl methyl sites for hydroxylation is 2. The largest absolute Gasteiger partial charge is 0.496 e. The number of anilines is 1. The number of hydrogen-bond donors (Lipinski definition) is 1. The number of para-hydroxylation sites is 2. The van der Waals surface area contributed by atoms with E-state index in [-0.39, 0.29) is 18.4 Å². The van der Waals surface area contributed by atoms with E-state index in [2.05, 4.69) is 5.32 Å². The van der Waals surface area contributed by atoms with Crippen LogP contribution in [0, 0.1) is 6.92 Å². The molecule has 0 radical (unpaired) electrons. The van der Waals surface area contributed by atoms with E-state index in [1.807, 2.05) is 56.3 Å². The third-order valence-corrected chi connectivity index (χ3v) is 4.32. The van der Waals surface area contributed by atoms with Crippen molar-refractivity contribution >= 4 is 17.5 Å². The fourth-order valence-electron chi connectivity index (χ4n) is 2.98. The van der Waals surface area contributed by atoms with Gasteiger partial charge in [-0.25, -0.2) is 0 Å². The monoisotopic (exact) mass is 354 g/mol. The van der Waals surface area contributed by atoms with Crippen LogP contribution in [0.25, 0.3) is 0 Å². The summed E-state index contributed by atoms with van der Waals surface area (Å²) in [7, 11) is 1.60. The Labute approximate surface area is 155 Å². The van der Waals surface area contributed by atoms with E-state index < -0.39 is 0 Å². The standard InChI is InChI=1S/C21H26N2O3/c1-5-17-11-8-9-15(2)21(17)23(16(3)24)14-20(25)22-13-18-10-6-7-12-19(18)26-4/h6-12H,5,13-14H2,1-4H3,(H,22,25). The van der Waals surface area contributed by atoms with Gasteiger partial charge < -0.3 is 15.0 Å². The number of nitrogens with one attached hydrogen (secondary N) is 1. The van der Waals surface area contributed by atoms with E-state index in [1.165, 1.54) is 6.92 Å². The Morgan fingerprint density at radius 2 is 1.77 bits per heavy atom. The predicted molar refractivity (Wildman–Crippen MR) is 103 cm³/mol. The van der Waals surface area contributed by atoms with Crippen LogP contribution in [-0.4, -0.2) is 25.5 Å². The Morgan fingerprint density at radius 1 is 1.08 bits per heavy atom. The molecule has 0 aromatic heterocycles. The summed E-state index contributed by atoms with van der Waals surface area (Å²) in [5.74, 6) is 0.362. The minimum Gasteiger partial charge on any atom is -0.496 e. The quantitative estimate of drug-likeness (QED) is 0.830. The van der Waals surface area contributed by atoms with Crippen LogP contribution in [-0.2, 0) is 22.6 Å². The molecule has 0 aliphatic heterocycles. The maximum absolute atomic E-state index is 12.5. The van der Waals surface area contributed by atoms with Crippen LogP contribution in [0.5, 0.6) is 5.75 Å². The second kappa shape index (κ2) is 9.04. The van der Waals surface area contributed by atoms with Crippen molar-refractivity contribution in [3.63, 3.8) is 0 Å². The van der Waals surface area contributed by atoms with Crippen molar-refractivity contribution in [2.75, 3.05) is 18.6 Å². The number of methoxy groups -OCH3 is 1. The minimum absolute atomic E-state index is 0.0116. The molecule has 1 N–H and O–H groups in total. The SMILES string of the molecule is CCc1cccc(C)c1N(CC(=O)NCc1ccccc1OC)C(C)=O. The van der Waals surface area contributed by atoms with Crippen LogP contribution in [0.1, 0.15) is 30.5 Å². The first-order valence-corrected chi connectivity index (χ1v) is 8.73. The number of ether oxygens (including phenoxy) is 1. The fourth-order valence-corrected chi connectivity index (χ4v) is 2.98. The lowest BCUT2D eigenvalue weighted by Gasteiger charge is -2.25. The zero-order valence-corrected chi connectivity index (χ0v) is 15.8. The zero-order chi connectivity index (χ0) is 19.1. The highest BCUT2D eigenvalue weighted by Gasteiger charge is 2.20. The Kier molecular flexibility index (Phi) is 6.78. The number of hydrogen-bond acceptors (Lipinski definition) is 3. The molecule has 0 spiro atoms. The number of benzene rings is 2.